The molecule has 0 bridgehead atoms. The molecular weight excluding hydrogens is 298 g/mol. The molecule has 0 atom stereocenters. The number of halogens is 1. The summed E-state index contributed by atoms with van der Waals surface area (Å²) < 4.78 is 1.93. The molecule has 0 fully saturated rings. The van der Waals surface area contributed by atoms with Crippen LogP contribution in [0.2, 0.25) is 5.02 Å². The number of nitrogens with one attached hydrogen (secondary N) is 1. The van der Waals surface area contributed by atoms with Crippen molar-refractivity contribution in [2.75, 3.05) is 6.54 Å². The lowest BCUT2D eigenvalue weighted by Crippen LogP contribution is -2.25. The minimum absolute atomic E-state index is 0.0884. The number of amides is 1. The van der Waals surface area contributed by atoms with Gasteiger partial charge in [-0.2, -0.15) is 0 Å². The molecule has 0 spiro atoms. The molecule has 3 aromatic rings. The molecule has 0 unspecified atom stereocenters. The van der Waals surface area contributed by atoms with Crippen molar-refractivity contribution in [3.8, 4) is 0 Å². The maximum absolute atomic E-state index is 12.2. The minimum atomic E-state index is -0.0884. The van der Waals surface area contributed by atoms with Crippen molar-refractivity contribution in [3.05, 3.63) is 64.9 Å². The smallest absolute Gasteiger partial charge is 0.251 e. The lowest BCUT2D eigenvalue weighted by atomic mass is 10.1. The van der Waals surface area contributed by atoms with Crippen LogP contribution in [0.25, 0.3) is 11.0 Å². The summed E-state index contributed by atoms with van der Waals surface area (Å²) in [7, 11) is 1.93. The van der Waals surface area contributed by atoms with E-state index in [1.54, 1.807) is 6.33 Å². The SMILES string of the molecule is Cn1cnc2cc(C(=O)NCCc3cccc(Cl)c3)ccc21. The van der Waals surface area contributed by atoms with Gasteiger partial charge in [0.1, 0.15) is 0 Å². The van der Waals surface area contributed by atoms with Crippen molar-refractivity contribution in [1.29, 1.82) is 0 Å². The largest absolute Gasteiger partial charge is 0.352 e. The van der Waals surface area contributed by atoms with E-state index in [0.29, 0.717) is 17.1 Å². The first-order chi connectivity index (χ1) is 10.6. The van der Waals surface area contributed by atoms with E-state index < -0.39 is 0 Å². The van der Waals surface area contributed by atoms with Crippen LogP contribution in [0.15, 0.2) is 48.8 Å². The van der Waals surface area contributed by atoms with Crippen LogP contribution >= 0.6 is 11.6 Å². The van der Waals surface area contributed by atoms with Gasteiger partial charge in [0.25, 0.3) is 5.91 Å². The van der Waals surface area contributed by atoms with Crippen LogP contribution < -0.4 is 5.32 Å². The third-order valence-electron chi connectivity index (χ3n) is 3.58. The van der Waals surface area contributed by atoms with Crippen LogP contribution in [-0.2, 0) is 13.5 Å². The van der Waals surface area contributed by atoms with Gasteiger partial charge in [-0.1, -0.05) is 23.7 Å². The summed E-state index contributed by atoms with van der Waals surface area (Å²) in [5, 5.41) is 3.63. The molecule has 1 amide bonds. The molecule has 3 rings (SSSR count). The number of benzene rings is 2. The molecule has 0 aliphatic carbocycles. The summed E-state index contributed by atoms with van der Waals surface area (Å²) in [5.41, 5.74) is 3.56. The maximum Gasteiger partial charge on any atom is 0.251 e. The van der Waals surface area contributed by atoms with Gasteiger partial charge in [-0.15, -0.1) is 0 Å². The third kappa shape index (κ3) is 3.12. The van der Waals surface area contributed by atoms with E-state index in [4.69, 9.17) is 11.6 Å². The Hall–Kier alpha value is -2.33. The first-order valence-corrected chi connectivity index (χ1v) is 7.45. The summed E-state index contributed by atoms with van der Waals surface area (Å²) >= 11 is 5.94. The zero-order valence-electron chi connectivity index (χ0n) is 12.2. The predicted molar refractivity (Wildman–Crippen MR) is 88.2 cm³/mol. The molecule has 5 heteroatoms. The molecule has 1 aromatic heterocycles. The number of aromatic nitrogens is 2. The van der Waals surface area contributed by atoms with Gasteiger partial charge in [0.15, 0.2) is 0 Å². The van der Waals surface area contributed by atoms with Crippen molar-refractivity contribution in [3.63, 3.8) is 0 Å². The maximum atomic E-state index is 12.2. The molecule has 22 heavy (non-hydrogen) atoms. The van der Waals surface area contributed by atoms with Crippen LogP contribution in [0, 0.1) is 0 Å². The fourth-order valence-electron chi connectivity index (χ4n) is 2.39. The molecule has 0 saturated carbocycles. The number of carbonyl (C=O) groups is 1. The minimum Gasteiger partial charge on any atom is -0.352 e. The number of aryl methyl sites for hydroxylation is 1. The van der Waals surface area contributed by atoms with Crippen LogP contribution in [-0.4, -0.2) is 22.0 Å². The van der Waals surface area contributed by atoms with E-state index in [2.05, 4.69) is 10.3 Å². The topological polar surface area (TPSA) is 46.9 Å². The fraction of sp³-hybridized carbons (Fsp3) is 0.176. The monoisotopic (exact) mass is 313 g/mol. The van der Waals surface area contributed by atoms with Gasteiger partial charge in [0.2, 0.25) is 0 Å². The second-order valence-electron chi connectivity index (χ2n) is 5.19. The number of imidazole rings is 1. The number of fused-ring (bicyclic) bond motifs is 1. The molecule has 1 N–H and O–H groups in total. The zero-order valence-corrected chi connectivity index (χ0v) is 13.0. The Labute approximate surface area is 133 Å². The van der Waals surface area contributed by atoms with E-state index in [-0.39, 0.29) is 5.91 Å². The molecule has 0 saturated heterocycles. The van der Waals surface area contributed by atoms with Crippen molar-refractivity contribution >= 4 is 28.5 Å². The molecule has 1 heterocycles. The van der Waals surface area contributed by atoms with Gasteiger partial charge in [0, 0.05) is 24.2 Å². The molecule has 2 aromatic carbocycles. The summed E-state index contributed by atoms with van der Waals surface area (Å²) in [6.07, 6.45) is 2.49. The zero-order chi connectivity index (χ0) is 15.5. The number of hydrogen-bond acceptors (Lipinski definition) is 2. The van der Waals surface area contributed by atoms with E-state index in [1.165, 1.54) is 0 Å². The van der Waals surface area contributed by atoms with Crippen molar-refractivity contribution in [1.82, 2.24) is 14.9 Å². The first kappa shape index (κ1) is 14.6. The highest BCUT2D eigenvalue weighted by Crippen LogP contribution is 2.14. The number of rotatable bonds is 4. The summed E-state index contributed by atoms with van der Waals surface area (Å²) in [5.74, 6) is -0.0884. The van der Waals surface area contributed by atoms with E-state index in [1.807, 2.05) is 54.1 Å². The van der Waals surface area contributed by atoms with E-state index in [9.17, 15) is 4.79 Å². The fourth-order valence-corrected chi connectivity index (χ4v) is 2.61. The Morgan fingerprint density at radius 2 is 2.14 bits per heavy atom. The van der Waals surface area contributed by atoms with E-state index in [0.717, 1.165) is 23.0 Å². The summed E-state index contributed by atoms with van der Waals surface area (Å²) in [6, 6.07) is 13.2. The number of hydrogen-bond donors (Lipinski definition) is 1. The quantitative estimate of drug-likeness (QED) is 0.804. The van der Waals surface area contributed by atoms with Crippen LogP contribution in [0.3, 0.4) is 0 Å². The molecular formula is C17H16ClN3O. The van der Waals surface area contributed by atoms with Gasteiger partial charge in [-0.05, 0) is 42.3 Å². The highest BCUT2D eigenvalue weighted by atomic mass is 35.5. The van der Waals surface area contributed by atoms with E-state index >= 15 is 0 Å². The average Bonchev–Trinajstić information content (AvgIpc) is 2.88. The summed E-state index contributed by atoms with van der Waals surface area (Å²) in [4.78, 5) is 16.4. The second kappa shape index (κ2) is 6.20. The number of carbonyl (C=O) groups excluding carboxylic acids is 1. The normalized spacial score (nSPS) is 10.8. The Kier molecular flexibility index (Phi) is 4.11. The van der Waals surface area contributed by atoms with Crippen LogP contribution in [0.1, 0.15) is 15.9 Å². The molecule has 112 valence electrons. The average molecular weight is 314 g/mol. The Morgan fingerprint density at radius 1 is 1.27 bits per heavy atom. The second-order valence-corrected chi connectivity index (χ2v) is 5.63. The Balaban J connectivity index is 1.63. The van der Waals surface area contributed by atoms with Crippen molar-refractivity contribution < 1.29 is 4.79 Å². The van der Waals surface area contributed by atoms with Crippen molar-refractivity contribution in [2.45, 2.75) is 6.42 Å². The first-order valence-electron chi connectivity index (χ1n) is 7.07. The molecule has 0 aliphatic rings. The summed E-state index contributed by atoms with van der Waals surface area (Å²) in [6.45, 7) is 0.569. The molecule has 0 aliphatic heterocycles. The lowest BCUT2D eigenvalue weighted by Gasteiger charge is -2.06. The number of nitrogens with zero attached hydrogens (tertiary/aromatic N) is 2. The van der Waals surface area contributed by atoms with Crippen molar-refractivity contribution in [2.24, 2.45) is 7.05 Å². The Morgan fingerprint density at radius 3 is 2.95 bits per heavy atom. The molecule has 4 nitrogen and oxygen atoms in total. The van der Waals surface area contributed by atoms with Gasteiger partial charge in [-0.3, -0.25) is 4.79 Å². The Bertz CT molecular complexity index is 826. The lowest BCUT2D eigenvalue weighted by molar-refractivity contribution is 0.0954. The van der Waals surface area contributed by atoms with Gasteiger partial charge in [-0.25, -0.2) is 4.98 Å². The van der Waals surface area contributed by atoms with Gasteiger partial charge in [0.05, 0.1) is 17.4 Å². The van der Waals surface area contributed by atoms with Crippen LogP contribution in [0.5, 0.6) is 0 Å². The van der Waals surface area contributed by atoms with Crippen LogP contribution in [0.4, 0.5) is 0 Å². The predicted octanol–water partition coefficient (Wildman–Crippen LogP) is 3.20. The molecule has 0 radical (unpaired) electrons. The van der Waals surface area contributed by atoms with Gasteiger partial charge >= 0.3 is 0 Å². The third-order valence-corrected chi connectivity index (χ3v) is 3.81. The standard InChI is InChI=1S/C17H16ClN3O/c1-21-11-20-15-10-13(5-6-16(15)21)17(22)19-8-7-12-3-2-4-14(18)9-12/h2-6,9-11H,7-8H2,1H3,(H,19,22). The highest BCUT2D eigenvalue weighted by Gasteiger charge is 2.08. The van der Waals surface area contributed by atoms with Gasteiger partial charge < -0.3 is 9.88 Å². The highest BCUT2D eigenvalue weighted by molar-refractivity contribution is 6.30.